The molecule has 0 aromatic carbocycles. The third-order valence-corrected chi connectivity index (χ3v) is 7.00. The molecule has 1 fully saturated rings. The molecular formula is C13H22ClN3OS2. The highest BCUT2D eigenvalue weighted by Gasteiger charge is 2.33. The molecule has 1 aromatic heterocycles. The number of rotatable bonds is 6. The van der Waals surface area contributed by atoms with Crippen molar-refractivity contribution >= 4 is 35.1 Å². The average Bonchev–Trinajstić information content (AvgIpc) is 2.81. The van der Waals surface area contributed by atoms with E-state index in [1.165, 1.54) is 11.5 Å². The molecule has 20 heavy (non-hydrogen) atoms. The van der Waals surface area contributed by atoms with Crippen LogP contribution in [0.5, 0.6) is 0 Å². The highest BCUT2D eigenvalue weighted by atomic mass is 35.5. The second-order valence-electron chi connectivity index (χ2n) is 4.77. The molecule has 3 atom stereocenters. The molecule has 1 N–H and O–H groups in total. The Morgan fingerprint density at radius 3 is 2.95 bits per heavy atom. The van der Waals surface area contributed by atoms with Gasteiger partial charge in [-0.1, -0.05) is 18.5 Å². The molecule has 1 aliphatic rings. The number of thioether (sulfide) groups is 2. The number of halogens is 1. The SMILES string of the molecule is CNC(c1c(Cl)cnn1CCOC)C1SCCSC1C. The van der Waals surface area contributed by atoms with Gasteiger partial charge in [0.25, 0.3) is 0 Å². The van der Waals surface area contributed by atoms with Crippen molar-refractivity contribution in [3.63, 3.8) is 0 Å². The third-order valence-electron chi connectivity index (χ3n) is 3.51. The Morgan fingerprint density at radius 2 is 2.30 bits per heavy atom. The molecular weight excluding hydrogens is 314 g/mol. The van der Waals surface area contributed by atoms with E-state index in [1.807, 2.05) is 35.3 Å². The Hall–Kier alpha value is 0.120. The molecule has 3 unspecified atom stereocenters. The molecule has 4 nitrogen and oxygen atoms in total. The van der Waals surface area contributed by atoms with Crippen molar-refractivity contribution in [2.75, 3.05) is 32.3 Å². The standard InChI is InChI=1S/C13H22ClN3OS2/c1-9-13(20-7-6-19-9)11(15-2)12-10(14)8-16-17(12)4-5-18-3/h8-9,11,13,15H,4-7H2,1-3H3. The van der Waals surface area contributed by atoms with Crippen LogP contribution in [0.2, 0.25) is 5.02 Å². The molecule has 0 spiro atoms. The minimum absolute atomic E-state index is 0.217. The monoisotopic (exact) mass is 335 g/mol. The summed E-state index contributed by atoms with van der Waals surface area (Å²) < 4.78 is 7.13. The summed E-state index contributed by atoms with van der Waals surface area (Å²) in [5.41, 5.74) is 1.08. The van der Waals surface area contributed by atoms with E-state index in [1.54, 1.807) is 13.3 Å². The van der Waals surface area contributed by atoms with Gasteiger partial charge in [-0.3, -0.25) is 4.68 Å². The quantitative estimate of drug-likeness (QED) is 0.865. The Balaban J connectivity index is 2.23. The van der Waals surface area contributed by atoms with Crippen LogP contribution >= 0.6 is 35.1 Å². The topological polar surface area (TPSA) is 39.1 Å². The van der Waals surface area contributed by atoms with Crippen molar-refractivity contribution in [1.82, 2.24) is 15.1 Å². The van der Waals surface area contributed by atoms with Crippen LogP contribution < -0.4 is 5.32 Å². The van der Waals surface area contributed by atoms with Gasteiger partial charge in [0.15, 0.2) is 0 Å². The number of hydrogen-bond donors (Lipinski definition) is 1. The maximum absolute atomic E-state index is 6.38. The van der Waals surface area contributed by atoms with E-state index < -0.39 is 0 Å². The van der Waals surface area contributed by atoms with Gasteiger partial charge in [0.05, 0.1) is 36.1 Å². The van der Waals surface area contributed by atoms with E-state index in [-0.39, 0.29) is 6.04 Å². The third kappa shape index (κ3) is 3.65. The Kier molecular flexibility index (Phi) is 6.55. The fourth-order valence-corrected chi connectivity index (χ4v) is 5.73. The molecule has 2 rings (SSSR count). The minimum atomic E-state index is 0.217. The Morgan fingerprint density at radius 1 is 1.55 bits per heavy atom. The number of hydrogen-bond acceptors (Lipinski definition) is 5. The first kappa shape index (κ1) is 16.5. The first-order valence-corrected chi connectivity index (χ1v) is 9.27. The van der Waals surface area contributed by atoms with E-state index in [0.29, 0.717) is 17.1 Å². The van der Waals surface area contributed by atoms with E-state index >= 15 is 0 Å². The molecule has 114 valence electrons. The first-order chi connectivity index (χ1) is 9.69. The van der Waals surface area contributed by atoms with Crippen LogP contribution in [0.4, 0.5) is 0 Å². The number of nitrogens with zero attached hydrogens (tertiary/aromatic N) is 2. The zero-order valence-electron chi connectivity index (χ0n) is 12.1. The van der Waals surface area contributed by atoms with Gasteiger partial charge >= 0.3 is 0 Å². The van der Waals surface area contributed by atoms with Crippen molar-refractivity contribution in [3.05, 3.63) is 16.9 Å². The maximum Gasteiger partial charge on any atom is 0.0834 e. The summed E-state index contributed by atoms with van der Waals surface area (Å²) in [7, 11) is 3.71. The molecule has 0 saturated carbocycles. The summed E-state index contributed by atoms with van der Waals surface area (Å²) in [5.74, 6) is 2.43. The van der Waals surface area contributed by atoms with Gasteiger partial charge in [-0.15, -0.1) is 0 Å². The van der Waals surface area contributed by atoms with E-state index in [0.717, 1.165) is 17.3 Å². The lowest BCUT2D eigenvalue weighted by molar-refractivity contribution is 0.181. The molecule has 0 bridgehead atoms. The second-order valence-corrected chi connectivity index (χ2v) is 7.95. The zero-order valence-corrected chi connectivity index (χ0v) is 14.5. The van der Waals surface area contributed by atoms with Crippen molar-refractivity contribution < 1.29 is 4.74 Å². The van der Waals surface area contributed by atoms with Crippen LogP contribution in [0.1, 0.15) is 18.7 Å². The fourth-order valence-electron chi connectivity index (χ4n) is 2.51. The molecule has 1 aliphatic heterocycles. The molecule has 0 aliphatic carbocycles. The van der Waals surface area contributed by atoms with Gasteiger partial charge in [0.2, 0.25) is 0 Å². The van der Waals surface area contributed by atoms with Gasteiger partial charge in [-0.2, -0.15) is 28.6 Å². The first-order valence-electron chi connectivity index (χ1n) is 6.79. The van der Waals surface area contributed by atoms with Gasteiger partial charge in [0.1, 0.15) is 0 Å². The van der Waals surface area contributed by atoms with Crippen molar-refractivity contribution in [2.24, 2.45) is 0 Å². The van der Waals surface area contributed by atoms with Gasteiger partial charge in [-0.05, 0) is 7.05 Å². The van der Waals surface area contributed by atoms with Crippen molar-refractivity contribution in [1.29, 1.82) is 0 Å². The molecule has 2 heterocycles. The Bertz CT molecular complexity index is 430. The van der Waals surface area contributed by atoms with E-state index in [2.05, 4.69) is 17.3 Å². The Labute approximate surface area is 134 Å². The maximum atomic E-state index is 6.38. The van der Waals surface area contributed by atoms with E-state index in [4.69, 9.17) is 16.3 Å². The highest BCUT2D eigenvalue weighted by molar-refractivity contribution is 8.07. The number of ether oxygens (including phenoxy) is 1. The second kappa shape index (κ2) is 7.94. The summed E-state index contributed by atoms with van der Waals surface area (Å²) in [5, 5.41) is 9.69. The van der Waals surface area contributed by atoms with Crippen LogP contribution in [-0.2, 0) is 11.3 Å². The molecule has 1 aromatic rings. The van der Waals surface area contributed by atoms with Gasteiger partial charge in [0, 0.05) is 29.1 Å². The highest BCUT2D eigenvalue weighted by Crippen LogP contribution is 2.40. The summed E-state index contributed by atoms with van der Waals surface area (Å²) in [4.78, 5) is 0. The summed E-state index contributed by atoms with van der Waals surface area (Å²) in [6, 6.07) is 0.217. The average molecular weight is 336 g/mol. The van der Waals surface area contributed by atoms with Crippen LogP contribution in [0.25, 0.3) is 0 Å². The smallest absolute Gasteiger partial charge is 0.0834 e. The predicted molar refractivity (Wildman–Crippen MR) is 89.1 cm³/mol. The summed E-state index contributed by atoms with van der Waals surface area (Å²) in [6.45, 7) is 3.68. The number of methoxy groups -OCH3 is 1. The van der Waals surface area contributed by atoms with Crippen LogP contribution in [0.3, 0.4) is 0 Å². The van der Waals surface area contributed by atoms with Crippen molar-refractivity contribution in [2.45, 2.75) is 30.0 Å². The number of nitrogens with one attached hydrogen (secondary N) is 1. The van der Waals surface area contributed by atoms with Crippen LogP contribution in [0.15, 0.2) is 6.20 Å². The largest absolute Gasteiger partial charge is 0.383 e. The molecule has 7 heteroatoms. The number of aromatic nitrogens is 2. The lowest BCUT2D eigenvalue weighted by Gasteiger charge is -2.34. The van der Waals surface area contributed by atoms with Gasteiger partial charge < -0.3 is 10.1 Å². The normalized spacial score (nSPS) is 24.8. The van der Waals surface area contributed by atoms with Crippen molar-refractivity contribution in [3.8, 4) is 0 Å². The zero-order chi connectivity index (χ0) is 14.5. The molecule has 1 saturated heterocycles. The van der Waals surface area contributed by atoms with E-state index in [9.17, 15) is 0 Å². The van der Waals surface area contributed by atoms with Gasteiger partial charge in [-0.25, -0.2) is 0 Å². The lowest BCUT2D eigenvalue weighted by atomic mass is 10.1. The molecule has 0 radical (unpaired) electrons. The van der Waals surface area contributed by atoms with Crippen LogP contribution in [-0.4, -0.2) is 52.6 Å². The minimum Gasteiger partial charge on any atom is -0.383 e. The summed E-state index contributed by atoms with van der Waals surface area (Å²) in [6.07, 6.45) is 1.74. The summed E-state index contributed by atoms with van der Waals surface area (Å²) >= 11 is 10.5. The van der Waals surface area contributed by atoms with Crippen LogP contribution in [0, 0.1) is 0 Å². The lowest BCUT2D eigenvalue weighted by Crippen LogP contribution is -2.37. The predicted octanol–water partition coefficient (Wildman–Crippen LogP) is 2.68. The molecule has 0 amide bonds. The fraction of sp³-hybridized carbons (Fsp3) is 0.769.